The number of nitrogens with zero attached hydrogens (tertiary/aromatic N) is 2. The molecule has 8 heteroatoms. The number of nitrogens with one attached hydrogen (secondary N) is 1. The van der Waals surface area contributed by atoms with Crippen LogP contribution in [0.4, 0.5) is 15.8 Å². The van der Waals surface area contributed by atoms with E-state index in [9.17, 15) is 9.18 Å². The van der Waals surface area contributed by atoms with Crippen LogP contribution in [0, 0.1) is 5.82 Å². The zero-order valence-electron chi connectivity index (χ0n) is 15.7. The fraction of sp³-hybridized carbons (Fsp3) is 0.0952. The minimum absolute atomic E-state index is 0.0419. The van der Waals surface area contributed by atoms with Gasteiger partial charge in [-0.1, -0.05) is 24.3 Å². The highest BCUT2D eigenvalue weighted by molar-refractivity contribution is 6.03. The Balaban J connectivity index is 1.92. The molecule has 148 valence electrons. The molecule has 0 saturated carbocycles. The second kappa shape index (κ2) is 8.83. The van der Waals surface area contributed by atoms with E-state index in [4.69, 9.17) is 16.2 Å². The summed E-state index contributed by atoms with van der Waals surface area (Å²) in [6.07, 6.45) is 1.41. The zero-order valence-corrected chi connectivity index (χ0v) is 15.7. The van der Waals surface area contributed by atoms with Crippen LogP contribution >= 0.6 is 0 Å². The summed E-state index contributed by atoms with van der Waals surface area (Å²) >= 11 is 0. The SMILES string of the molecule is COC(N)=NC(c1cccc(F)c1)c1cccc(NC(=O)c2ccc(N)cn2)c1. The minimum Gasteiger partial charge on any atom is -0.469 e. The molecule has 0 radical (unpaired) electrons. The maximum Gasteiger partial charge on any atom is 0.282 e. The first-order chi connectivity index (χ1) is 14.0. The van der Waals surface area contributed by atoms with Gasteiger partial charge in [-0.3, -0.25) is 4.79 Å². The van der Waals surface area contributed by atoms with Crippen molar-refractivity contribution in [3.8, 4) is 0 Å². The molecular formula is C21H20FN5O2. The number of pyridine rings is 1. The van der Waals surface area contributed by atoms with Gasteiger partial charge >= 0.3 is 0 Å². The smallest absolute Gasteiger partial charge is 0.282 e. The lowest BCUT2D eigenvalue weighted by Gasteiger charge is -2.16. The Bertz CT molecular complexity index is 1040. The van der Waals surface area contributed by atoms with Crippen molar-refractivity contribution < 1.29 is 13.9 Å². The summed E-state index contributed by atoms with van der Waals surface area (Å²) < 4.78 is 18.7. The number of amides is 1. The molecule has 1 amide bonds. The first-order valence-electron chi connectivity index (χ1n) is 8.72. The molecular weight excluding hydrogens is 373 g/mol. The van der Waals surface area contributed by atoms with E-state index >= 15 is 0 Å². The summed E-state index contributed by atoms with van der Waals surface area (Å²) in [5, 5.41) is 2.78. The molecule has 0 saturated heterocycles. The molecule has 0 aliphatic heterocycles. The van der Waals surface area contributed by atoms with Gasteiger partial charge in [0.15, 0.2) is 0 Å². The number of methoxy groups -OCH3 is 1. The Labute approximate surface area is 167 Å². The van der Waals surface area contributed by atoms with Crippen molar-refractivity contribution in [1.82, 2.24) is 4.98 Å². The number of hydrogen-bond acceptors (Lipinski definition) is 5. The molecule has 1 aromatic heterocycles. The number of aromatic nitrogens is 1. The van der Waals surface area contributed by atoms with Crippen molar-refractivity contribution in [1.29, 1.82) is 0 Å². The van der Waals surface area contributed by atoms with Crippen molar-refractivity contribution in [3.05, 3.63) is 89.5 Å². The number of benzene rings is 2. The van der Waals surface area contributed by atoms with E-state index < -0.39 is 11.9 Å². The topological polar surface area (TPSA) is 116 Å². The first kappa shape index (κ1) is 19.8. The number of carbonyl (C=O) groups is 1. The number of nitrogen functional groups attached to an aromatic ring is 1. The van der Waals surface area contributed by atoms with Crippen molar-refractivity contribution in [2.45, 2.75) is 6.04 Å². The van der Waals surface area contributed by atoms with Crippen LogP contribution in [0.2, 0.25) is 0 Å². The van der Waals surface area contributed by atoms with Crippen molar-refractivity contribution >= 4 is 23.3 Å². The van der Waals surface area contributed by atoms with Gasteiger partial charge in [0, 0.05) is 5.69 Å². The molecule has 7 nitrogen and oxygen atoms in total. The van der Waals surface area contributed by atoms with Crippen LogP contribution in [0.5, 0.6) is 0 Å². The summed E-state index contributed by atoms with van der Waals surface area (Å²) in [6, 6.07) is 15.6. The number of halogens is 1. The van der Waals surface area contributed by atoms with Gasteiger partial charge in [-0.05, 0) is 47.5 Å². The molecule has 29 heavy (non-hydrogen) atoms. The van der Waals surface area contributed by atoms with E-state index in [0.717, 1.165) is 0 Å². The molecule has 0 aliphatic carbocycles. The van der Waals surface area contributed by atoms with Crippen LogP contribution in [-0.2, 0) is 4.74 Å². The summed E-state index contributed by atoms with van der Waals surface area (Å²) in [7, 11) is 1.40. The second-order valence-electron chi connectivity index (χ2n) is 6.19. The maximum atomic E-state index is 13.7. The Hall–Kier alpha value is -3.94. The van der Waals surface area contributed by atoms with E-state index in [-0.39, 0.29) is 17.6 Å². The number of aliphatic imine (C=N–C) groups is 1. The fourth-order valence-electron chi connectivity index (χ4n) is 2.72. The summed E-state index contributed by atoms with van der Waals surface area (Å²) in [6.45, 7) is 0. The minimum atomic E-state index is -0.614. The van der Waals surface area contributed by atoms with Crippen LogP contribution in [0.1, 0.15) is 27.7 Å². The van der Waals surface area contributed by atoms with Crippen LogP contribution in [-0.4, -0.2) is 24.0 Å². The first-order valence-corrected chi connectivity index (χ1v) is 8.72. The average Bonchev–Trinajstić information content (AvgIpc) is 2.72. The standard InChI is InChI=1S/C21H20FN5O2/c1-29-21(24)27-19(13-4-2-6-15(22)10-13)14-5-3-7-17(11-14)26-20(28)18-9-8-16(23)12-25-18/h2-12,19H,23H2,1H3,(H2,24,27)(H,26,28). The lowest BCUT2D eigenvalue weighted by molar-refractivity contribution is 0.102. The van der Waals surface area contributed by atoms with Gasteiger partial charge in [0.1, 0.15) is 17.6 Å². The molecule has 1 unspecified atom stereocenters. The van der Waals surface area contributed by atoms with E-state index in [2.05, 4.69) is 15.3 Å². The zero-order chi connectivity index (χ0) is 20.8. The molecule has 0 bridgehead atoms. The van der Waals surface area contributed by atoms with E-state index in [1.54, 1.807) is 42.5 Å². The van der Waals surface area contributed by atoms with Crippen molar-refractivity contribution in [2.24, 2.45) is 10.7 Å². The Morgan fingerprint density at radius 2 is 1.86 bits per heavy atom. The van der Waals surface area contributed by atoms with Crippen LogP contribution in [0.25, 0.3) is 0 Å². The molecule has 1 atom stereocenters. The number of ether oxygens (including phenoxy) is 1. The molecule has 3 aromatic rings. The number of nitrogens with two attached hydrogens (primary N) is 2. The molecule has 0 aliphatic rings. The van der Waals surface area contributed by atoms with Gasteiger partial charge in [0.05, 0.1) is 19.0 Å². The van der Waals surface area contributed by atoms with Crippen molar-refractivity contribution in [2.75, 3.05) is 18.2 Å². The Kier molecular flexibility index (Phi) is 6.03. The fourth-order valence-corrected chi connectivity index (χ4v) is 2.72. The largest absolute Gasteiger partial charge is 0.469 e. The number of amidine groups is 1. The average molecular weight is 393 g/mol. The number of hydrogen-bond donors (Lipinski definition) is 3. The third-order valence-corrected chi connectivity index (χ3v) is 4.11. The molecule has 1 heterocycles. The summed E-state index contributed by atoms with van der Waals surface area (Å²) in [5.74, 6) is -0.776. The second-order valence-corrected chi connectivity index (χ2v) is 6.19. The van der Waals surface area contributed by atoms with E-state index in [1.165, 1.54) is 31.5 Å². The monoisotopic (exact) mass is 393 g/mol. The summed E-state index contributed by atoms with van der Waals surface area (Å²) in [5.41, 5.74) is 13.8. The molecule has 0 spiro atoms. The molecule has 3 rings (SSSR count). The highest BCUT2D eigenvalue weighted by Crippen LogP contribution is 2.28. The molecule has 2 aromatic carbocycles. The van der Waals surface area contributed by atoms with Crippen LogP contribution < -0.4 is 16.8 Å². The quantitative estimate of drug-likeness (QED) is 0.455. The Morgan fingerprint density at radius 3 is 2.52 bits per heavy atom. The highest BCUT2D eigenvalue weighted by atomic mass is 19.1. The third kappa shape index (κ3) is 5.07. The van der Waals surface area contributed by atoms with Gasteiger partial charge in [0.2, 0.25) is 0 Å². The van der Waals surface area contributed by atoms with E-state index in [1.807, 2.05) is 0 Å². The molecule has 0 fully saturated rings. The lowest BCUT2D eigenvalue weighted by atomic mass is 9.98. The maximum absolute atomic E-state index is 13.7. The number of rotatable bonds is 5. The van der Waals surface area contributed by atoms with Gasteiger partial charge in [-0.2, -0.15) is 0 Å². The normalized spacial score (nSPS) is 12.3. The Morgan fingerprint density at radius 1 is 1.14 bits per heavy atom. The third-order valence-electron chi connectivity index (χ3n) is 4.11. The van der Waals surface area contributed by atoms with Gasteiger partial charge in [-0.15, -0.1) is 0 Å². The molecule has 5 N–H and O–H groups in total. The summed E-state index contributed by atoms with van der Waals surface area (Å²) in [4.78, 5) is 20.8. The van der Waals surface area contributed by atoms with Crippen LogP contribution in [0.3, 0.4) is 0 Å². The van der Waals surface area contributed by atoms with E-state index in [0.29, 0.717) is 22.5 Å². The predicted molar refractivity (Wildman–Crippen MR) is 110 cm³/mol. The number of anilines is 2. The van der Waals surface area contributed by atoms with Crippen LogP contribution in [0.15, 0.2) is 71.9 Å². The highest BCUT2D eigenvalue weighted by Gasteiger charge is 2.16. The van der Waals surface area contributed by atoms with Gasteiger partial charge in [-0.25, -0.2) is 14.4 Å². The van der Waals surface area contributed by atoms with Crippen molar-refractivity contribution in [3.63, 3.8) is 0 Å². The van der Waals surface area contributed by atoms with Gasteiger partial charge in [0.25, 0.3) is 11.9 Å². The number of carbonyl (C=O) groups excluding carboxylic acids is 1. The van der Waals surface area contributed by atoms with Gasteiger partial charge < -0.3 is 21.5 Å². The lowest BCUT2D eigenvalue weighted by Crippen LogP contribution is -2.16. The predicted octanol–water partition coefficient (Wildman–Crippen LogP) is 3.11.